The molecule has 4 amide bonds. The van der Waals surface area contributed by atoms with E-state index in [4.69, 9.17) is 23.2 Å². The largest absolute Gasteiger partial charge is 0.384 e. The molecule has 14 heteroatoms. The normalized spacial score (nSPS) is 26.2. The topological polar surface area (TPSA) is 140 Å². The number of amides is 4. The highest BCUT2D eigenvalue weighted by Gasteiger charge is 2.69. The van der Waals surface area contributed by atoms with Crippen molar-refractivity contribution in [3.63, 3.8) is 0 Å². The first kappa shape index (κ1) is 41.6. The third kappa shape index (κ3) is 7.06. The number of allylic oxidation sites excluding steroid dienone is 1. The van der Waals surface area contributed by atoms with Gasteiger partial charge in [0.15, 0.2) is 5.78 Å². The minimum Gasteiger partial charge on any atom is -0.384 e. The number of ketones is 1. The molecule has 10 rings (SSSR count). The molecule has 0 bridgehead atoms. The Morgan fingerprint density at radius 2 is 1.70 bits per heavy atom. The molecule has 63 heavy (non-hydrogen) atoms. The van der Waals surface area contributed by atoms with Crippen LogP contribution in [0.3, 0.4) is 0 Å². The Morgan fingerprint density at radius 1 is 0.905 bits per heavy atom. The number of benzene rings is 4. The highest BCUT2D eigenvalue weighted by atomic mass is 35.5. The van der Waals surface area contributed by atoms with E-state index in [0.717, 1.165) is 41.7 Å². The van der Waals surface area contributed by atoms with Gasteiger partial charge in [0, 0.05) is 76.8 Å². The second-order valence-electron chi connectivity index (χ2n) is 17.8. The number of piperidine rings is 1. The molecule has 11 nitrogen and oxygen atoms in total. The quantitative estimate of drug-likeness (QED) is 0.0596. The lowest BCUT2D eigenvalue weighted by Gasteiger charge is -2.41. The zero-order valence-electron chi connectivity index (χ0n) is 34.5. The van der Waals surface area contributed by atoms with Gasteiger partial charge in [0.2, 0.25) is 11.8 Å². The number of hydrogen-bond donors (Lipinski definition) is 4. The molecular weight excluding hydrogens is 842 g/mol. The van der Waals surface area contributed by atoms with Crippen LogP contribution in [0.5, 0.6) is 0 Å². The molecule has 1 spiro atoms. The fourth-order valence-corrected chi connectivity index (χ4v) is 11.2. The molecule has 4 N–H and O–H groups in total. The molecule has 324 valence electrons. The van der Waals surface area contributed by atoms with Gasteiger partial charge in [0.1, 0.15) is 17.4 Å². The maximum atomic E-state index is 16.2. The van der Waals surface area contributed by atoms with E-state index in [1.54, 1.807) is 42.5 Å². The minimum atomic E-state index is -1.16. The smallest absolute Gasteiger partial charge is 0.264 e. The lowest BCUT2D eigenvalue weighted by Crippen LogP contribution is -2.53. The van der Waals surface area contributed by atoms with Crippen LogP contribution in [0.2, 0.25) is 10.0 Å². The first-order chi connectivity index (χ1) is 30.4. The molecule has 6 atom stereocenters. The maximum Gasteiger partial charge on any atom is 0.264 e. The summed E-state index contributed by atoms with van der Waals surface area (Å²) in [6, 6.07) is 22.0. The van der Waals surface area contributed by atoms with E-state index in [0.29, 0.717) is 84.3 Å². The lowest BCUT2D eigenvalue weighted by molar-refractivity contribution is -0.128. The number of unbranched alkanes of at least 4 members (excludes halogenated alkanes) is 2. The van der Waals surface area contributed by atoms with E-state index in [2.05, 4.69) is 32.7 Å². The van der Waals surface area contributed by atoms with Crippen molar-refractivity contribution in [1.29, 1.82) is 0 Å². The molecule has 4 aromatic carbocycles. The summed E-state index contributed by atoms with van der Waals surface area (Å²) in [4.78, 5) is 70.6. The average Bonchev–Trinajstić information content (AvgIpc) is 3.74. The summed E-state index contributed by atoms with van der Waals surface area (Å²) in [6.07, 6.45) is 6.26. The zero-order chi connectivity index (χ0) is 43.7. The van der Waals surface area contributed by atoms with Gasteiger partial charge in [-0.15, -0.1) is 0 Å². The monoisotopic (exact) mass is 888 g/mol. The molecule has 5 heterocycles. The van der Waals surface area contributed by atoms with Crippen molar-refractivity contribution in [3.8, 4) is 0 Å². The molecule has 4 aromatic rings. The summed E-state index contributed by atoms with van der Waals surface area (Å²) >= 11 is 12.8. The van der Waals surface area contributed by atoms with Crippen molar-refractivity contribution in [2.45, 2.75) is 93.4 Å². The number of nitrogens with one attached hydrogen (secondary N) is 4. The molecule has 1 aliphatic carbocycles. The summed E-state index contributed by atoms with van der Waals surface area (Å²) in [6.45, 7) is 5.03. The summed E-state index contributed by atoms with van der Waals surface area (Å²) in [5.41, 5.74) is 4.01. The molecular formula is C49H47Cl2FN6O5. The fraction of sp³-hybridized carbons (Fsp3) is 0.367. The van der Waals surface area contributed by atoms with Crippen LogP contribution in [0, 0.1) is 11.7 Å². The van der Waals surface area contributed by atoms with E-state index in [1.807, 2.05) is 30.3 Å². The van der Waals surface area contributed by atoms with Crippen molar-refractivity contribution < 1.29 is 28.4 Å². The van der Waals surface area contributed by atoms with Crippen molar-refractivity contribution in [3.05, 3.63) is 140 Å². The number of Topliss-reactive ketones (excluding diaryl/α,β-unsaturated/α-hetero) is 1. The van der Waals surface area contributed by atoms with Gasteiger partial charge >= 0.3 is 0 Å². The predicted molar refractivity (Wildman–Crippen MR) is 238 cm³/mol. The molecule has 5 aliphatic heterocycles. The molecule has 1 saturated carbocycles. The third-order valence-electron chi connectivity index (χ3n) is 14.0. The van der Waals surface area contributed by atoms with E-state index in [-0.39, 0.29) is 46.0 Å². The Bertz CT molecular complexity index is 2600. The molecule has 4 fully saturated rings. The number of carbonyl (C=O) groups is 5. The number of imide groups is 1. The van der Waals surface area contributed by atoms with Gasteiger partial charge in [-0.2, -0.15) is 0 Å². The Balaban J connectivity index is 0.783. The SMILES string of the molecule is C=C1CCC(N2C(=O)c3cccc(NCCCCCC(=O)c4ccc([C@H]5C[C@H]6[C@@H](N5)[C@H](c5cccc(Cl)c5F)[C@]5(C(=O)Nc7cc(Cl)ccc75)N6CC5CC5)cc4)c3C2=O)C(=O)N1. The van der Waals surface area contributed by atoms with Crippen LogP contribution in [-0.4, -0.2) is 70.4 Å². The lowest BCUT2D eigenvalue weighted by atomic mass is 9.73. The second kappa shape index (κ2) is 16.3. The third-order valence-corrected chi connectivity index (χ3v) is 14.5. The zero-order valence-corrected chi connectivity index (χ0v) is 36.0. The Kier molecular flexibility index (Phi) is 10.8. The Labute approximate surface area is 374 Å². The first-order valence-corrected chi connectivity index (χ1v) is 22.7. The first-order valence-electron chi connectivity index (χ1n) is 21.9. The van der Waals surface area contributed by atoms with Gasteiger partial charge in [-0.25, -0.2) is 4.39 Å². The van der Waals surface area contributed by atoms with Crippen LogP contribution in [0.1, 0.15) is 118 Å². The molecule has 0 radical (unpaired) electrons. The van der Waals surface area contributed by atoms with Crippen molar-refractivity contribution in [2.75, 3.05) is 23.7 Å². The van der Waals surface area contributed by atoms with Crippen LogP contribution >= 0.6 is 23.2 Å². The van der Waals surface area contributed by atoms with Gasteiger partial charge in [-0.1, -0.05) is 84.7 Å². The highest BCUT2D eigenvalue weighted by molar-refractivity contribution is 6.31. The molecule has 0 aromatic heterocycles. The number of rotatable bonds is 13. The summed E-state index contributed by atoms with van der Waals surface area (Å²) in [5, 5.41) is 13.5. The number of likely N-dealkylation sites (tertiary alicyclic amines) is 1. The van der Waals surface area contributed by atoms with Gasteiger partial charge in [0.05, 0.1) is 16.1 Å². The predicted octanol–water partition coefficient (Wildman–Crippen LogP) is 8.50. The summed E-state index contributed by atoms with van der Waals surface area (Å²) < 4.78 is 16.2. The maximum absolute atomic E-state index is 16.2. The number of nitrogens with zero attached hydrogens (tertiary/aromatic N) is 2. The summed E-state index contributed by atoms with van der Waals surface area (Å²) in [7, 11) is 0. The number of halogens is 3. The Hall–Kier alpha value is -5.40. The van der Waals surface area contributed by atoms with E-state index < -0.39 is 41.0 Å². The van der Waals surface area contributed by atoms with E-state index in [1.165, 1.54) is 6.07 Å². The molecule has 3 saturated heterocycles. The van der Waals surface area contributed by atoms with Gasteiger partial charge in [-0.3, -0.25) is 33.8 Å². The van der Waals surface area contributed by atoms with Crippen LogP contribution in [-0.2, 0) is 15.1 Å². The van der Waals surface area contributed by atoms with Crippen molar-refractivity contribution in [1.82, 2.24) is 20.4 Å². The van der Waals surface area contributed by atoms with Crippen LogP contribution in [0.15, 0.2) is 91.1 Å². The number of hydrogen-bond acceptors (Lipinski definition) is 8. The number of carbonyl (C=O) groups excluding carboxylic acids is 5. The van der Waals surface area contributed by atoms with Crippen LogP contribution in [0.25, 0.3) is 0 Å². The van der Waals surface area contributed by atoms with Gasteiger partial charge in [-0.05, 0) is 92.3 Å². The summed E-state index contributed by atoms with van der Waals surface area (Å²) in [5.74, 6) is -2.15. The van der Waals surface area contributed by atoms with E-state index in [9.17, 15) is 24.0 Å². The van der Waals surface area contributed by atoms with Crippen molar-refractivity contribution in [2.24, 2.45) is 5.92 Å². The fourth-order valence-electron chi connectivity index (χ4n) is 10.9. The minimum absolute atomic E-state index is 0.0139. The standard InChI is InChI=1S/C49H47Cl2FN6O5/c1-26-12-21-38(45(60)54-26)58-46(61)31-7-6-10-35(41(31)47(58)62)53-22-4-2-3-11-40(59)29-17-15-28(16-18-29)36-24-39-44(55-36)42(32-8-5-9-34(51)43(32)52)49(57(39)25-27-13-14-27)33-20-19-30(50)23-37(33)56-48(49)63/h5-10,15-20,23,27,36,38-39,42,44,53,55H,1-4,11-14,21-22,24-25H2,(H,54,60)(H,56,63)/t36-,38?,39+,42+,44-,49-/m1/s1. The average molecular weight is 890 g/mol. The van der Waals surface area contributed by atoms with Crippen LogP contribution < -0.4 is 21.3 Å². The number of anilines is 2. The van der Waals surface area contributed by atoms with Gasteiger partial charge in [0.25, 0.3) is 11.8 Å². The molecule has 6 aliphatic rings. The van der Waals surface area contributed by atoms with Crippen molar-refractivity contribution >= 4 is 64.0 Å². The van der Waals surface area contributed by atoms with Crippen LogP contribution in [0.4, 0.5) is 15.8 Å². The molecule has 1 unspecified atom stereocenters. The second-order valence-corrected chi connectivity index (χ2v) is 18.7. The Morgan fingerprint density at radius 3 is 2.48 bits per heavy atom. The number of fused-ring (bicyclic) bond motifs is 4. The van der Waals surface area contributed by atoms with E-state index >= 15 is 4.39 Å². The highest BCUT2D eigenvalue weighted by Crippen LogP contribution is 2.61. The van der Waals surface area contributed by atoms with Gasteiger partial charge < -0.3 is 21.3 Å².